The zero-order valence-electron chi connectivity index (χ0n) is 13.5. The first-order chi connectivity index (χ1) is 11.5. The minimum atomic E-state index is -0.163. The summed E-state index contributed by atoms with van der Waals surface area (Å²) in [6.07, 6.45) is 1.86. The molecule has 3 aromatic rings. The van der Waals surface area contributed by atoms with E-state index in [9.17, 15) is 4.79 Å². The van der Waals surface area contributed by atoms with E-state index in [1.54, 1.807) is 28.7 Å². The highest BCUT2D eigenvalue weighted by Gasteiger charge is 2.16. The number of aryl methyl sites for hydroxylation is 2. The molecule has 2 heterocycles. The van der Waals surface area contributed by atoms with E-state index in [0.717, 1.165) is 17.0 Å². The van der Waals surface area contributed by atoms with Crippen molar-refractivity contribution in [2.45, 2.75) is 13.8 Å². The van der Waals surface area contributed by atoms with Gasteiger partial charge in [-0.05, 0) is 55.8 Å². The molecule has 0 atom stereocenters. The molecule has 0 aliphatic heterocycles. The molecular weight excluding hydrogens is 326 g/mol. The molecule has 24 heavy (non-hydrogen) atoms. The van der Waals surface area contributed by atoms with Crippen molar-refractivity contribution in [1.29, 1.82) is 0 Å². The lowest BCUT2D eigenvalue weighted by Gasteiger charge is -2.08. The van der Waals surface area contributed by atoms with Crippen LogP contribution in [0.2, 0.25) is 5.02 Å². The molecule has 0 bridgehead atoms. The monoisotopic (exact) mass is 343 g/mol. The van der Waals surface area contributed by atoms with Gasteiger partial charge in [-0.1, -0.05) is 11.6 Å². The predicted octanol–water partition coefficient (Wildman–Crippen LogP) is 3.41. The summed E-state index contributed by atoms with van der Waals surface area (Å²) in [4.78, 5) is 16.9. The molecule has 0 radical (unpaired) electrons. The molecule has 0 saturated heterocycles. The van der Waals surface area contributed by atoms with E-state index in [-0.39, 0.29) is 5.91 Å². The number of rotatable bonds is 5. The third kappa shape index (κ3) is 3.51. The Morgan fingerprint density at radius 2 is 2.00 bits per heavy atom. The van der Waals surface area contributed by atoms with Gasteiger partial charge in [0.1, 0.15) is 23.7 Å². The number of aromatic nitrogens is 2. The maximum absolute atomic E-state index is 12.4. The lowest BCUT2D eigenvalue weighted by atomic mass is 10.3. The molecule has 1 amide bonds. The van der Waals surface area contributed by atoms with Crippen LogP contribution in [0, 0.1) is 13.8 Å². The van der Waals surface area contributed by atoms with Crippen LogP contribution in [0.5, 0.6) is 5.75 Å². The van der Waals surface area contributed by atoms with Gasteiger partial charge in [0.05, 0.1) is 12.2 Å². The summed E-state index contributed by atoms with van der Waals surface area (Å²) in [5.41, 5.74) is 3.14. The number of hydrogen-bond donors (Lipinski definition) is 1. The molecular formula is C18H18ClN3O2. The zero-order chi connectivity index (χ0) is 17.1. The predicted molar refractivity (Wildman–Crippen MR) is 93.9 cm³/mol. The second-order valence-corrected chi connectivity index (χ2v) is 5.97. The second-order valence-electron chi connectivity index (χ2n) is 5.54. The Morgan fingerprint density at radius 1 is 1.25 bits per heavy atom. The third-order valence-electron chi connectivity index (χ3n) is 3.64. The molecule has 1 aromatic carbocycles. The molecule has 1 N–H and O–H groups in total. The number of hydrogen-bond acceptors (Lipinski definition) is 3. The lowest BCUT2D eigenvalue weighted by molar-refractivity contribution is 0.0940. The van der Waals surface area contributed by atoms with Crippen molar-refractivity contribution in [1.82, 2.24) is 14.7 Å². The molecule has 0 aliphatic rings. The van der Waals surface area contributed by atoms with E-state index in [1.165, 1.54) is 0 Å². The van der Waals surface area contributed by atoms with Crippen LogP contribution < -0.4 is 10.1 Å². The van der Waals surface area contributed by atoms with Crippen LogP contribution >= 0.6 is 11.6 Å². The Morgan fingerprint density at radius 3 is 2.75 bits per heavy atom. The van der Waals surface area contributed by atoms with Gasteiger partial charge in [0.25, 0.3) is 5.91 Å². The minimum absolute atomic E-state index is 0.163. The van der Waals surface area contributed by atoms with Crippen molar-refractivity contribution < 1.29 is 9.53 Å². The molecule has 0 spiro atoms. The van der Waals surface area contributed by atoms with Crippen LogP contribution in [0.4, 0.5) is 0 Å². The number of carbonyl (C=O) groups excluding carboxylic acids is 1. The highest BCUT2D eigenvalue weighted by molar-refractivity contribution is 6.30. The van der Waals surface area contributed by atoms with E-state index in [4.69, 9.17) is 16.3 Å². The van der Waals surface area contributed by atoms with Crippen LogP contribution in [-0.2, 0) is 0 Å². The summed E-state index contributed by atoms with van der Waals surface area (Å²) < 4.78 is 7.37. The number of nitrogens with zero attached hydrogens (tertiary/aromatic N) is 2. The highest BCUT2D eigenvalue weighted by atomic mass is 35.5. The Kier molecular flexibility index (Phi) is 4.71. The average Bonchev–Trinajstić information content (AvgIpc) is 2.88. The van der Waals surface area contributed by atoms with E-state index in [0.29, 0.717) is 29.6 Å². The second kappa shape index (κ2) is 6.93. The lowest BCUT2D eigenvalue weighted by Crippen LogP contribution is -2.29. The molecule has 0 aliphatic carbocycles. The number of amides is 1. The number of carbonyl (C=O) groups is 1. The number of fused-ring (bicyclic) bond motifs is 1. The Bertz CT molecular complexity index is 872. The summed E-state index contributed by atoms with van der Waals surface area (Å²) >= 11 is 5.82. The van der Waals surface area contributed by atoms with Crippen LogP contribution in [0.3, 0.4) is 0 Å². The fourth-order valence-electron chi connectivity index (χ4n) is 2.49. The number of pyridine rings is 1. The Hall–Kier alpha value is -2.53. The van der Waals surface area contributed by atoms with Crippen molar-refractivity contribution in [2.75, 3.05) is 13.2 Å². The quantitative estimate of drug-likeness (QED) is 0.722. The summed E-state index contributed by atoms with van der Waals surface area (Å²) in [5.74, 6) is 0.554. The maximum Gasteiger partial charge on any atom is 0.270 e. The largest absolute Gasteiger partial charge is 0.492 e. The minimum Gasteiger partial charge on any atom is -0.492 e. The highest BCUT2D eigenvalue weighted by Crippen LogP contribution is 2.15. The van der Waals surface area contributed by atoms with Crippen molar-refractivity contribution in [2.24, 2.45) is 0 Å². The average molecular weight is 344 g/mol. The molecule has 0 saturated carbocycles. The van der Waals surface area contributed by atoms with Crippen molar-refractivity contribution in [3.05, 3.63) is 64.6 Å². The first-order valence-electron chi connectivity index (χ1n) is 7.66. The number of halogens is 1. The molecule has 0 fully saturated rings. The molecule has 124 valence electrons. The summed E-state index contributed by atoms with van der Waals surface area (Å²) in [6, 6.07) is 11.0. The van der Waals surface area contributed by atoms with Gasteiger partial charge in [-0.2, -0.15) is 0 Å². The molecule has 0 unspecified atom stereocenters. The fraction of sp³-hybridized carbons (Fsp3) is 0.222. The van der Waals surface area contributed by atoms with Gasteiger partial charge in [0, 0.05) is 11.2 Å². The molecule has 2 aromatic heterocycles. The topological polar surface area (TPSA) is 55.6 Å². The number of nitrogens with one attached hydrogen (secondary N) is 1. The number of benzene rings is 1. The van der Waals surface area contributed by atoms with Crippen molar-refractivity contribution >= 4 is 23.2 Å². The molecule has 3 rings (SSSR count). The van der Waals surface area contributed by atoms with E-state index in [1.807, 2.05) is 32.2 Å². The molecule has 5 nitrogen and oxygen atoms in total. The summed E-state index contributed by atoms with van der Waals surface area (Å²) in [5, 5.41) is 3.52. The number of imidazole rings is 1. The van der Waals surface area contributed by atoms with Gasteiger partial charge in [-0.3, -0.25) is 9.20 Å². The van der Waals surface area contributed by atoms with E-state index < -0.39 is 0 Å². The Labute approximate surface area is 145 Å². The normalized spacial score (nSPS) is 10.8. The standard InChI is InChI=1S/C18H18ClN3O2/c1-12-7-9-22-16(11-12)21-13(2)17(22)18(23)20-8-10-24-15-5-3-14(19)4-6-15/h3-7,9,11H,8,10H2,1-2H3,(H,20,23). The van der Waals surface area contributed by atoms with Gasteiger partial charge in [-0.15, -0.1) is 0 Å². The zero-order valence-corrected chi connectivity index (χ0v) is 14.3. The molecule has 6 heteroatoms. The first kappa shape index (κ1) is 16.3. The first-order valence-corrected chi connectivity index (χ1v) is 8.04. The third-order valence-corrected chi connectivity index (χ3v) is 3.89. The van der Waals surface area contributed by atoms with E-state index >= 15 is 0 Å². The summed E-state index contributed by atoms with van der Waals surface area (Å²) in [6.45, 7) is 4.61. The maximum atomic E-state index is 12.4. The SMILES string of the molecule is Cc1ccn2c(C(=O)NCCOc3ccc(Cl)cc3)c(C)nc2c1. The van der Waals surface area contributed by atoms with Crippen molar-refractivity contribution in [3.8, 4) is 5.75 Å². The van der Waals surface area contributed by atoms with Crippen LogP contribution in [0.1, 0.15) is 21.7 Å². The van der Waals surface area contributed by atoms with Crippen LogP contribution in [0.15, 0.2) is 42.6 Å². The van der Waals surface area contributed by atoms with E-state index in [2.05, 4.69) is 10.3 Å². The van der Waals surface area contributed by atoms with Crippen LogP contribution in [-0.4, -0.2) is 28.4 Å². The van der Waals surface area contributed by atoms with Gasteiger partial charge < -0.3 is 10.1 Å². The van der Waals surface area contributed by atoms with Gasteiger partial charge in [0.2, 0.25) is 0 Å². The van der Waals surface area contributed by atoms with Gasteiger partial charge in [0.15, 0.2) is 0 Å². The van der Waals surface area contributed by atoms with Crippen molar-refractivity contribution in [3.63, 3.8) is 0 Å². The Balaban J connectivity index is 1.61. The van der Waals surface area contributed by atoms with Gasteiger partial charge in [-0.25, -0.2) is 4.98 Å². The smallest absolute Gasteiger partial charge is 0.270 e. The van der Waals surface area contributed by atoms with Crippen LogP contribution in [0.25, 0.3) is 5.65 Å². The fourth-order valence-corrected chi connectivity index (χ4v) is 2.61. The number of ether oxygens (including phenoxy) is 1. The van der Waals surface area contributed by atoms with Gasteiger partial charge >= 0.3 is 0 Å². The summed E-state index contributed by atoms with van der Waals surface area (Å²) in [7, 11) is 0.